The van der Waals surface area contributed by atoms with Crippen LogP contribution in [-0.2, 0) is 21.9 Å². The number of aromatic nitrogens is 4. The van der Waals surface area contributed by atoms with Crippen LogP contribution in [0.4, 0.5) is 5.69 Å². The second-order valence-corrected chi connectivity index (χ2v) is 7.59. The van der Waals surface area contributed by atoms with Gasteiger partial charge in [-0.05, 0) is 25.2 Å². The van der Waals surface area contributed by atoms with E-state index in [1.807, 2.05) is 19.4 Å². The Labute approximate surface area is 144 Å². The van der Waals surface area contributed by atoms with Crippen molar-refractivity contribution in [3.8, 4) is 5.69 Å². The van der Waals surface area contributed by atoms with Crippen LogP contribution in [0.2, 0.25) is 0 Å². The average molecular weight is 362 g/mol. The molecule has 0 aliphatic carbocycles. The van der Waals surface area contributed by atoms with Gasteiger partial charge in [0.25, 0.3) is 0 Å². The number of anilines is 1. The quantitative estimate of drug-likeness (QED) is 0.668. The molecule has 3 aromatic rings. The molecule has 0 aliphatic rings. The highest BCUT2D eigenvalue weighted by Gasteiger charge is 2.12. The highest BCUT2D eigenvalue weighted by molar-refractivity contribution is 7.89. The molecule has 1 amide bonds. The molecule has 132 valence electrons. The molecule has 3 rings (SSSR count). The van der Waals surface area contributed by atoms with Gasteiger partial charge in [0.15, 0.2) is 0 Å². The molecule has 0 aliphatic heterocycles. The molecule has 1 aromatic carbocycles. The minimum Gasteiger partial charge on any atom is -0.326 e. The lowest BCUT2D eigenvalue weighted by atomic mass is 10.2. The van der Waals surface area contributed by atoms with Crippen LogP contribution in [0.5, 0.6) is 0 Å². The molecule has 0 spiro atoms. The Morgan fingerprint density at radius 1 is 1.28 bits per heavy atom. The summed E-state index contributed by atoms with van der Waals surface area (Å²) < 4.78 is 28.3. The summed E-state index contributed by atoms with van der Waals surface area (Å²) in [7, 11) is -0.250. The fourth-order valence-corrected chi connectivity index (χ4v) is 2.97. The Kier molecular flexibility index (Phi) is 4.55. The van der Waals surface area contributed by atoms with Gasteiger partial charge in [-0.3, -0.25) is 9.48 Å². The highest BCUT2D eigenvalue weighted by atomic mass is 32.2. The maximum atomic E-state index is 11.9. The van der Waals surface area contributed by atoms with Gasteiger partial charge in [-0.25, -0.2) is 17.8 Å². The Bertz CT molecular complexity index is 1020. The number of nitrogens with zero attached hydrogens (tertiary/aromatic N) is 4. The lowest BCUT2D eigenvalue weighted by molar-refractivity contribution is -0.115. The third-order valence-electron chi connectivity index (χ3n) is 3.65. The van der Waals surface area contributed by atoms with E-state index in [0.717, 1.165) is 16.6 Å². The van der Waals surface area contributed by atoms with Gasteiger partial charge in [-0.2, -0.15) is 10.2 Å². The summed E-state index contributed by atoms with van der Waals surface area (Å²) in [4.78, 5) is 11.9. The van der Waals surface area contributed by atoms with Gasteiger partial charge in [0, 0.05) is 30.7 Å². The second-order valence-electron chi connectivity index (χ2n) is 5.54. The molecule has 0 unspecified atom stereocenters. The van der Waals surface area contributed by atoms with E-state index in [1.165, 1.54) is 7.05 Å². The third-order valence-corrected chi connectivity index (χ3v) is 5.02. The van der Waals surface area contributed by atoms with Crippen LogP contribution < -0.4 is 10.0 Å². The Morgan fingerprint density at radius 2 is 2.08 bits per heavy atom. The van der Waals surface area contributed by atoms with Gasteiger partial charge >= 0.3 is 0 Å². The molecule has 10 heteroatoms. The zero-order chi connectivity index (χ0) is 18.0. The summed E-state index contributed by atoms with van der Waals surface area (Å²) in [5, 5.41) is 12.1. The number of amides is 1. The van der Waals surface area contributed by atoms with Crippen molar-refractivity contribution < 1.29 is 13.2 Å². The standard InChI is InChI=1S/C15H18N6O3S/c1-16-25(23,24)6-5-15(22)18-12-3-4-14-11(7-12)9-21(19-14)13-8-17-20(2)10-13/h3-4,7-10,16H,5-6H2,1-2H3,(H,18,22). The molecule has 0 atom stereocenters. The summed E-state index contributed by atoms with van der Waals surface area (Å²) in [6.07, 6.45) is 5.27. The number of benzene rings is 1. The Morgan fingerprint density at radius 3 is 2.76 bits per heavy atom. The molecular formula is C15H18N6O3S. The smallest absolute Gasteiger partial charge is 0.225 e. The van der Waals surface area contributed by atoms with Crippen molar-refractivity contribution >= 4 is 32.5 Å². The van der Waals surface area contributed by atoms with E-state index in [2.05, 4.69) is 20.2 Å². The summed E-state index contributed by atoms with van der Waals surface area (Å²) in [6, 6.07) is 5.31. The second kappa shape index (κ2) is 6.65. The monoisotopic (exact) mass is 362 g/mol. The van der Waals surface area contributed by atoms with Crippen molar-refractivity contribution in [1.82, 2.24) is 24.3 Å². The molecule has 0 saturated carbocycles. The van der Waals surface area contributed by atoms with Gasteiger partial charge in [-0.1, -0.05) is 0 Å². The van der Waals surface area contributed by atoms with Crippen molar-refractivity contribution in [2.75, 3.05) is 18.1 Å². The molecule has 9 nitrogen and oxygen atoms in total. The van der Waals surface area contributed by atoms with Crippen LogP contribution in [0.3, 0.4) is 0 Å². The van der Waals surface area contributed by atoms with Gasteiger partial charge in [-0.15, -0.1) is 0 Å². The predicted molar refractivity (Wildman–Crippen MR) is 93.9 cm³/mol. The lowest BCUT2D eigenvalue weighted by Gasteiger charge is -2.05. The maximum Gasteiger partial charge on any atom is 0.225 e. The lowest BCUT2D eigenvalue weighted by Crippen LogP contribution is -2.25. The largest absolute Gasteiger partial charge is 0.326 e. The number of carbonyl (C=O) groups is 1. The maximum absolute atomic E-state index is 11.9. The summed E-state index contributed by atoms with van der Waals surface area (Å²) in [6.45, 7) is 0. The Balaban J connectivity index is 1.74. The summed E-state index contributed by atoms with van der Waals surface area (Å²) >= 11 is 0. The first-order valence-corrected chi connectivity index (χ1v) is 9.21. The molecule has 2 aromatic heterocycles. The van der Waals surface area contributed by atoms with Crippen LogP contribution in [0, 0.1) is 0 Å². The van der Waals surface area contributed by atoms with Gasteiger partial charge in [0.2, 0.25) is 15.9 Å². The zero-order valence-electron chi connectivity index (χ0n) is 13.8. The number of rotatable bonds is 6. The third kappa shape index (κ3) is 4.03. The van der Waals surface area contributed by atoms with Crippen LogP contribution >= 0.6 is 0 Å². The number of carbonyl (C=O) groups excluding carboxylic acids is 1. The van der Waals surface area contributed by atoms with Crippen LogP contribution in [0.1, 0.15) is 6.42 Å². The fourth-order valence-electron chi connectivity index (χ4n) is 2.31. The molecule has 0 bridgehead atoms. The first kappa shape index (κ1) is 17.1. The van der Waals surface area contributed by atoms with E-state index in [9.17, 15) is 13.2 Å². The van der Waals surface area contributed by atoms with Gasteiger partial charge in [0.1, 0.15) is 5.69 Å². The Hall–Kier alpha value is -2.72. The van der Waals surface area contributed by atoms with Crippen LogP contribution in [0.15, 0.2) is 36.8 Å². The van der Waals surface area contributed by atoms with Crippen LogP contribution in [0.25, 0.3) is 16.6 Å². The fraction of sp³-hybridized carbons (Fsp3) is 0.267. The van der Waals surface area contributed by atoms with E-state index in [0.29, 0.717) is 5.69 Å². The van der Waals surface area contributed by atoms with E-state index < -0.39 is 10.0 Å². The summed E-state index contributed by atoms with van der Waals surface area (Å²) in [5.74, 6) is -0.617. The van der Waals surface area contributed by atoms with Crippen molar-refractivity contribution in [3.05, 3.63) is 36.8 Å². The van der Waals surface area contributed by atoms with Gasteiger partial charge < -0.3 is 5.32 Å². The summed E-state index contributed by atoms with van der Waals surface area (Å²) in [5.41, 5.74) is 2.20. The van der Waals surface area contributed by atoms with E-state index in [-0.39, 0.29) is 18.1 Å². The number of aryl methyl sites for hydroxylation is 1. The van der Waals surface area contributed by atoms with Crippen molar-refractivity contribution in [1.29, 1.82) is 0 Å². The minimum absolute atomic E-state index is 0.115. The SMILES string of the molecule is CNS(=O)(=O)CCC(=O)Nc1ccc2nn(-c3cnn(C)c3)cc2c1. The number of sulfonamides is 1. The topological polar surface area (TPSA) is 111 Å². The molecule has 25 heavy (non-hydrogen) atoms. The van der Waals surface area contributed by atoms with Crippen molar-refractivity contribution in [2.45, 2.75) is 6.42 Å². The predicted octanol–water partition coefficient (Wildman–Crippen LogP) is 0.637. The van der Waals surface area contributed by atoms with E-state index in [4.69, 9.17) is 0 Å². The highest BCUT2D eigenvalue weighted by Crippen LogP contribution is 2.20. The van der Waals surface area contributed by atoms with Crippen LogP contribution in [-0.4, -0.2) is 46.7 Å². The molecular weight excluding hydrogens is 344 g/mol. The van der Waals surface area contributed by atoms with Crippen molar-refractivity contribution in [2.24, 2.45) is 7.05 Å². The molecule has 2 N–H and O–H groups in total. The van der Waals surface area contributed by atoms with Gasteiger partial charge in [0.05, 0.1) is 23.7 Å². The number of nitrogens with one attached hydrogen (secondary N) is 2. The number of hydrogen-bond donors (Lipinski definition) is 2. The number of hydrogen-bond acceptors (Lipinski definition) is 5. The average Bonchev–Trinajstić information content (AvgIpc) is 3.18. The number of fused-ring (bicyclic) bond motifs is 1. The first-order valence-electron chi connectivity index (χ1n) is 7.56. The molecule has 0 radical (unpaired) electrons. The molecule has 0 fully saturated rings. The minimum atomic E-state index is -3.40. The van der Waals surface area contributed by atoms with Crippen molar-refractivity contribution in [3.63, 3.8) is 0 Å². The zero-order valence-corrected chi connectivity index (χ0v) is 14.6. The molecule has 2 heterocycles. The first-order chi connectivity index (χ1) is 11.9. The van der Waals surface area contributed by atoms with E-state index in [1.54, 1.807) is 33.8 Å². The normalized spacial score (nSPS) is 11.8. The van der Waals surface area contributed by atoms with E-state index >= 15 is 0 Å². The molecule has 0 saturated heterocycles.